The van der Waals surface area contributed by atoms with Gasteiger partial charge in [-0.3, -0.25) is 4.79 Å². The predicted octanol–water partition coefficient (Wildman–Crippen LogP) is 3.39. The van der Waals surface area contributed by atoms with E-state index in [0.717, 1.165) is 25.0 Å². The molecule has 2 heterocycles. The van der Waals surface area contributed by atoms with Crippen molar-refractivity contribution in [3.8, 4) is 0 Å². The van der Waals surface area contributed by atoms with Crippen molar-refractivity contribution in [1.82, 2.24) is 9.62 Å². The number of nitrogens with one attached hydrogen (secondary N) is 1. The summed E-state index contributed by atoms with van der Waals surface area (Å²) < 4.78 is 54.1. The first-order valence-corrected chi connectivity index (χ1v) is 11.0. The molecule has 146 valence electrons. The molecule has 0 bridgehead atoms. The van der Waals surface area contributed by atoms with E-state index in [1.165, 1.54) is 15.6 Å². The van der Waals surface area contributed by atoms with Gasteiger partial charge in [-0.2, -0.15) is 4.31 Å². The SMILES string of the molecule is O=C(NCCC1CCCCN1S(=O)(=O)c1cccs1)c1ccc(F)cc1F. The van der Waals surface area contributed by atoms with Crippen molar-refractivity contribution in [3.05, 3.63) is 52.9 Å². The van der Waals surface area contributed by atoms with Gasteiger partial charge in [0, 0.05) is 25.2 Å². The van der Waals surface area contributed by atoms with E-state index >= 15 is 0 Å². The zero-order chi connectivity index (χ0) is 19.4. The van der Waals surface area contributed by atoms with Crippen LogP contribution in [0, 0.1) is 11.6 Å². The number of carbonyl (C=O) groups is 1. The first-order chi connectivity index (χ1) is 12.9. The molecule has 0 saturated carbocycles. The molecule has 3 rings (SSSR count). The number of rotatable bonds is 6. The van der Waals surface area contributed by atoms with Gasteiger partial charge in [0.05, 0.1) is 5.56 Å². The van der Waals surface area contributed by atoms with Gasteiger partial charge in [-0.15, -0.1) is 11.3 Å². The standard InChI is InChI=1S/C18H20F2N2O3S2/c19-13-6-7-15(16(20)12-13)18(23)21-9-8-14-4-1-2-10-22(14)27(24,25)17-5-3-11-26-17/h3,5-7,11-12,14H,1-2,4,8-10H2,(H,21,23). The van der Waals surface area contributed by atoms with Crippen LogP contribution >= 0.6 is 11.3 Å². The first-order valence-electron chi connectivity index (χ1n) is 8.68. The lowest BCUT2D eigenvalue weighted by molar-refractivity contribution is 0.0945. The van der Waals surface area contributed by atoms with E-state index in [1.54, 1.807) is 17.5 Å². The number of thiophene rings is 1. The highest BCUT2D eigenvalue weighted by Gasteiger charge is 2.33. The molecule has 2 aromatic rings. The van der Waals surface area contributed by atoms with Crippen LogP contribution in [0.15, 0.2) is 39.9 Å². The molecule has 1 aliphatic heterocycles. The Kier molecular flexibility index (Phi) is 6.23. The van der Waals surface area contributed by atoms with Gasteiger partial charge in [-0.1, -0.05) is 12.5 Å². The number of benzene rings is 1. The molecule has 0 spiro atoms. The highest BCUT2D eigenvalue weighted by Crippen LogP contribution is 2.29. The summed E-state index contributed by atoms with van der Waals surface area (Å²) in [6, 6.07) is 5.84. The Balaban J connectivity index is 1.63. The molecule has 27 heavy (non-hydrogen) atoms. The minimum Gasteiger partial charge on any atom is -0.352 e. The summed E-state index contributed by atoms with van der Waals surface area (Å²) in [5, 5.41) is 4.32. The second-order valence-electron chi connectivity index (χ2n) is 6.37. The quantitative estimate of drug-likeness (QED) is 0.788. The van der Waals surface area contributed by atoms with Crippen molar-refractivity contribution in [3.63, 3.8) is 0 Å². The zero-order valence-electron chi connectivity index (χ0n) is 14.5. The Morgan fingerprint density at radius 3 is 2.78 bits per heavy atom. The van der Waals surface area contributed by atoms with Crippen molar-refractivity contribution in [2.45, 2.75) is 35.9 Å². The Morgan fingerprint density at radius 1 is 1.26 bits per heavy atom. The number of carbonyl (C=O) groups excluding carboxylic acids is 1. The predicted molar refractivity (Wildman–Crippen MR) is 99.2 cm³/mol. The number of halogens is 2. The molecule has 0 radical (unpaired) electrons. The normalized spacial score (nSPS) is 18.4. The largest absolute Gasteiger partial charge is 0.352 e. The fraction of sp³-hybridized carbons (Fsp3) is 0.389. The molecule has 1 unspecified atom stereocenters. The van der Waals surface area contributed by atoms with Gasteiger partial charge in [0.25, 0.3) is 15.9 Å². The fourth-order valence-corrected chi connectivity index (χ4v) is 6.07. The smallest absolute Gasteiger partial charge is 0.254 e. The summed E-state index contributed by atoms with van der Waals surface area (Å²) in [4.78, 5) is 12.1. The van der Waals surface area contributed by atoms with E-state index in [2.05, 4.69) is 5.32 Å². The number of piperidine rings is 1. The van der Waals surface area contributed by atoms with Gasteiger partial charge in [0.15, 0.2) is 0 Å². The summed E-state index contributed by atoms with van der Waals surface area (Å²) in [5.74, 6) is -2.32. The number of amides is 1. The average Bonchev–Trinajstić information content (AvgIpc) is 3.17. The van der Waals surface area contributed by atoms with Crippen LogP contribution in [0.4, 0.5) is 8.78 Å². The molecule has 1 aromatic heterocycles. The Morgan fingerprint density at radius 2 is 2.07 bits per heavy atom. The van der Waals surface area contributed by atoms with E-state index in [-0.39, 0.29) is 18.2 Å². The molecule has 1 aromatic carbocycles. The number of sulfonamides is 1. The van der Waals surface area contributed by atoms with Crippen LogP contribution in [0.3, 0.4) is 0 Å². The maximum atomic E-state index is 13.7. The molecule has 9 heteroatoms. The third-order valence-electron chi connectivity index (χ3n) is 4.57. The van der Waals surface area contributed by atoms with Crippen LogP contribution in [-0.4, -0.2) is 37.8 Å². The lowest BCUT2D eigenvalue weighted by Gasteiger charge is -2.34. The summed E-state index contributed by atoms with van der Waals surface area (Å²) >= 11 is 1.18. The van der Waals surface area contributed by atoms with Gasteiger partial charge < -0.3 is 5.32 Å². The average molecular weight is 414 g/mol. The van der Waals surface area contributed by atoms with Crippen LogP contribution < -0.4 is 5.32 Å². The van der Waals surface area contributed by atoms with Gasteiger partial charge in [-0.25, -0.2) is 17.2 Å². The monoisotopic (exact) mass is 414 g/mol. The number of hydrogen-bond donors (Lipinski definition) is 1. The third-order valence-corrected chi connectivity index (χ3v) is 7.89. The van der Waals surface area contributed by atoms with Crippen LogP contribution in [0.5, 0.6) is 0 Å². The fourth-order valence-electron chi connectivity index (χ4n) is 3.23. The molecule has 1 fully saturated rings. The van der Waals surface area contributed by atoms with Crippen molar-refractivity contribution in [2.75, 3.05) is 13.1 Å². The van der Waals surface area contributed by atoms with Crippen LogP contribution in [0.2, 0.25) is 0 Å². The molecule has 1 amide bonds. The molecule has 1 saturated heterocycles. The molecule has 1 atom stereocenters. The van der Waals surface area contributed by atoms with Gasteiger partial charge in [0.2, 0.25) is 0 Å². The maximum Gasteiger partial charge on any atom is 0.254 e. The van der Waals surface area contributed by atoms with Crippen molar-refractivity contribution in [1.29, 1.82) is 0 Å². The second kappa shape index (κ2) is 8.45. The Hall–Kier alpha value is -1.84. The third kappa shape index (κ3) is 4.53. The van der Waals surface area contributed by atoms with Crippen molar-refractivity contribution in [2.24, 2.45) is 0 Å². The zero-order valence-corrected chi connectivity index (χ0v) is 16.2. The van der Waals surface area contributed by atoms with Crippen molar-refractivity contribution >= 4 is 27.3 Å². The summed E-state index contributed by atoms with van der Waals surface area (Å²) in [6.45, 7) is 0.655. The van der Waals surface area contributed by atoms with Gasteiger partial charge in [-0.05, 0) is 42.8 Å². The molecule has 1 aliphatic rings. The summed E-state index contributed by atoms with van der Waals surface area (Å²) in [6.07, 6.45) is 2.86. The molecular formula is C18H20F2N2O3S2. The Labute approximate surface area is 161 Å². The molecule has 5 nitrogen and oxygen atoms in total. The Bertz CT molecular complexity index is 901. The second-order valence-corrected chi connectivity index (χ2v) is 9.43. The first kappa shape index (κ1) is 19.9. The topological polar surface area (TPSA) is 66.5 Å². The highest BCUT2D eigenvalue weighted by atomic mass is 32.2. The van der Waals surface area contributed by atoms with Crippen molar-refractivity contribution < 1.29 is 22.0 Å². The van der Waals surface area contributed by atoms with Crippen LogP contribution in [0.25, 0.3) is 0 Å². The number of nitrogens with zero attached hydrogens (tertiary/aromatic N) is 1. The van der Waals surface area contributed by atoms with Gasteiger partial charge in [0.1, 0.15) is 15.8 Å². The minimum atomic E-state index is -3.54. The van der Waals surface area contributed by atoms with E-state index in [1.807, 2.05) is 0 Å². The van der Waals surface area contributed by atoms with E-state index in [0.29, 0.717) is 29.7 Å². The summed E-state index contributed by atoms with van der Waals surface area (Å²) in [7, 11) is -3.54. The van der Waals surface area contributed by atoms with Gasteiger partial charge >= 0.3 is 0 Å². The minimum absolute atomic E-state index is 0.205. The number of hydrogen-bond acceptors (Lipinski definition) is 4. The van der Waals surface area contributed by atoms with Crippen LogP contribution in [0.1, 0.15) is 36.0 Å². The molecule has 0 aliphatic carbocycles. The van der Waals surface area contributed by atoms with E-state index < -0.39 is 27.6 Å². The lowest BCUT2D eigenvalue weighted by Crippen LogP contribution is -2.45. The molecule has 1 N–H and O–H groups in total. The van der Waals surface area contributed by atoms with E-state index in [4.69, 9.17) is 0 Å². The lowest BCUT2D eigenvalue weighted by atomic mass is 10.0. The van der Waals surface area contributed by atoms with Crippen LogP contribution in [-0.2, 0) is 10.0 Å². The van der Waals surface area contributed by atoms with E-state index in [9.17, 15) is 22.0 Å². The highest BCUT2D eigenvalue weighted by molar-refractivity contribution is 7.91. The molecular weight excluding hydrogens is 394 g/mol. The summed E-state index contributed by atoms with van der Waals surface area (Å²) in [5.41, 5.74) is -0.233. The maximum absolute atomic E-state index is 13.7.